The molecule has 2 atom stereocenters. The van der Waals surface area contributed by atoms with Gasteiger partial charge in [0.25, 0.3) is 0 Å². The Bertz CT molecular complexity index is 358. The largest absolute Gasteiger partial charge is 0.462 e. The van der Waals surface area contributed by atoms with E-state index in [1.54, 1.807) is 0 Å². The van der Waals surface area contributed by atoms with Gasteiger partial charge in [-0.05, 0) is 32.1 Å². The fourth-order valence-electron chi connectivity index (χ4n) is 2.32. The number of carbonyl (C=O) groups is 2. The molecule has 1 rings (SSSR count). The van der Waals surface area contributed by atoms with E-state index < -0.39 is 6.03 Å². The number of allylic oxidation sites excluding steroid dienone is 1. The van der Waals surface area contributed by atoms with Crippen LogP contribution >= 0.6 is 0 Å². The van der Waals surface area contributed by atoms with Crippen LogP contribution in [-0.2, 0) is 9.53 Å². The molecule has 6 nitrogen and oxygen atoms in total. The van der Waals surface area contributed by atoms with Gasteiger partial charge in [-0.15, -0.1) is 0 Å². The number of unbranched alkanes of at least 4 members (excludes halogenated alkanes) is 2. The number of hydrazine groups is 1. The van der Waals surface area contributed by atoms with Crippen molar-refractivity contribution >= 4 is 12.0 Å². The van der Waals surface area contributed by atoms with Crippen molar-refractivity contribution < 1.29 is 14.3 Å². The Morgan fingerprint density at radius 1 is 1.40 bits per heavy atom. The number of amides is 2. The van der Waals surface area contributed by atoms with E-state index in [9.17, 15) is 9.59 Å². The summed E-state index contributed by atoms with van der Waals surface area (Å²) in [6.45, 7) is 5.91. The molecule has 20 heavy (non-hydrogen) atoms. The predicted octanol–water partition coefficient (Wildman–Crippen LogP) is 1.97. The average Bonchev–Trinajstić information content (AvgIpc) is 2.75. The Morgan fingerprint density at radius 2 is 2.15 bits per heavy atom. The highest BCUT2D eigenvalue weighted by Gasteiger charge is 2.33. The molecule has 0 saturated carbocycles. The number of nitrogens with one attached hydrogen (secondary N) is 2. The quantitative estimate of drug-likeness (QED) is 0.342. The van der Waals surface area contributed by atoms with Gasteiger partial charge < -0.3 is 15.9 Å². The number of nitrogens with two attached hydrogens (primary N) is 1. The van der Waals surface area contributed by atoms with E-state index in [1.165, 1.54) is 12.8 Å². The molecule has 1 fully saturated rings. The number of cyclic esters (lactones) is 1. The molecule has 1 aliphatic heterocycles. The van der Waals surface area contributed by atoms with Gasteiger partial charge in [0.15, 0.2) is 0 Å². The van der Waals surface area contributed by atoms with Gasteiger partial charge in [0.05, 0.1) is 5.92 Å². The second-order valence-electron chi connectivity index (χ2n) is 5.24. The second-order valence-corrected chi connectivity index (χ2v) is 5.24. The van der Waals surface area contributed by atoms with Crippen LogP contribution in [0.3, 0.4) is 0 Å². The van der Waals surface area contributed by atoms with E-state index in [-0.39, 0.29) is 18.0 Å². The van der Waals surface area contributed by atoms with Crippen LogP contribution in [0, 0.1) is 5.92 Å². The lowest BCUT2D eigenvalue weighted by molar-refractivity contribution is -0.144. The maximum atomic E-state index is 11.7. The lowest BCUT2D eigenvalue weighted by Crippen LogP contribution is -2.40. The maximum Gasteiger partial charge on any atom is 0.330 e. The molecule has 2 amide bonds. The highest BCUT2D eigenvalue weighted by atomic mass is 16.5. The summed E-state index contributed by atoms with van der Waals surface area (Å²) in [7, 11) is 0. The van der Waals surface area contributed by atoms with Crippen molar-refractivity contribution in [1.29, 1.82) is 0 Å². The summed E-state index contributed by atoms with van der Waals surface area (Å²) in [5.74, 6) is -0.170. The van der Waals surface area contributed by atoms with Crippen LogP contribution in [0.5, 0.6) is 0 Å². The van der Waals surface area contributed by atoms with Gasteiger partial charge in [-0.2, -0.15) is 0 Å². The number of hydrogen-bond acceptors (Lipinski definition) is 4. The molecular formula is C14H25N3O3. The van der Waals surface area contributed by atoms with Gasteiger partial charge in [-0.25, -0.2) is 4.79 Å². The Hall–Kier alpha value is -1.72. The molecule has 0 spiro atoms. The minimum atomic E-state index is -0.664. The lowest BCUT2D eigenvalue weighted by atomic mass is 9.96. The van der Waals surface area contributed by atoms with Gasteiger partial charge >= 0.3 is 12.0 Å². The molecule has 0 aromatic heterocycles. The molecule has 0 aliphatic carbocycles. The van der Waals surface area contributed by atoms with Crippen molar-refractivity contribution in [3.63, 3.8) is 0 Å². The topological polar surface area (TPSA) is 93.4 Å². The molecule has 1 saturated heterocycles. The Kier molecular flexibility index (Phi) is 6.90. The van der Waals surface area contributed by atoms with Gasteiger partial charge in [0.2, 0.25) is 0 Å². The van der Waals surface area contributed by atoms with Crippen LogP contribution in [0.1, 0.15) is 51.9 Å². The molecule has 0 bridgehead atoms. The van der Waals surface area contributed by atoms with Crippen molar-refractivity contribution in [2.24, 2.45) is 11.7 Å². The summed E-state index contributed by atoms with van der Waals surface area (Å²) in [6, 6.07) is -0.664. The van der Waals surface area contributed by atoms with Gasteiger partial charge in [-0.1, -0.05) is 26.3 Å². The van der Waals surface area contributed by atoms with Crippen LogP contribution in [-0.4, -0.2) is 18.1 Å². The second kappa shape index (κ2) is 8.45. The van der Waals surface area contributed by atoms with E-state index >= 15 is 0 Å². The smallest absolute Gasteiger partial charge is 0.330 e. The van der Waals surface area contributed by atoms with Crippen molar-refractivity contribution in [3.05, 3.63) is 12.3 Å². The highest BCUT2D eigenvalue weighted by Crippen LogP contribution is 2.28. The summed E-state index contributed by atoms with van der Waals surface area (Å²) >= 11 is 0. The van der Waals surface area contributed by atoms with Crippen molar-refractivity contribution in [1.82, 2.24) is 10.9 Å². The molecule has 0 aromatic rings. The predicted molar refractivity (Wildman–Crippen MR) is 76.4 cm³/mol. The molecule has 1 heterocycles. The first kappa shape index (κ1) is 16.3. The molecule has 0 unspecified atom stereocenters. The van der Waals surface area contributed by atoms with Gasteiger partial charge in [0.1, 0.15) is 6.10 Å². The average molecular weight is 283 g/mol. The van der Waals surface area contributed by atoms with Crippen LogP contribution in [0.25, 0.3) is 0 Å². The van der Waals surface area contributed by atoms with E-state index in [0.717, 1.165) is 19.3 Å². The first-order valence-corrected chi connectivity index (χ1v) is 7.22. The number of carbonyl (C=O) groups excluding carboxylic acids is 2. The number of rotatable bonds is 9. The maximum absolute atomic E-state index is 11.7. The van der Waals surface area contributed by atoms with E-state index in [1.807, 2.05) is 0 Å². The molecule has 6 heteroatoms. The molecule has 114 valence electrons. The van der Waals surface area contributed by atoms with E-state index in [0.29, 0.717) is 18.5 Å². The third-order valence-corrected chi connectivity index (χ3v) is 3.45. The fraction of sp³-hybridized carbons (Fsp3) is 0.714. The standard InChI is InChI=1S/C14H25N3O3/c1-3-4-5-6-12-9-11(13(18)20-12)8-7-10(2)16-17-14(15)19/h11-12,16H,2-9H2,1H3,(H3,15,17,19)/t11-,12+/m0/s1. The Labute approximate surface area is 120 Å². The van der Waals surface area contributed by atoms with Crippen LogP contribution in [0.15, 0.2) is 12.3 Å². The molecular weight excluding hydrogens is 258 g/mol. The van der Waals surface area contributed by atoms with E-state index in [2.05, 4.69) is 24.4 Å². The zero-order valence-electron chi connectivity index (χ0n) is 12.1. The normalized spacial score (nSPS) is 21.4. The van der Waals surface area contributed by atoms with Crippen LogP contribution in [0.4, 0.5) is 4.79 Å². The fourth-order valence-corrected chi connectivity index (χ4v) is 2.32. The van der Waals surface area contributed by atoms with Crippen molar-refractivity contribution in [2.45, 2.75) is 58.0 Å². The zero-order valence-corrected chi connectivity index (χ0v) is 12.1. The van der Waals surface area contributed by atoms with Crippen molar-refractivity contribution in [3.8, 4) is 0 Å². The minimum absolute atomic E-state index is 0.0613. The third kappa shape index (κ3) is 5.95. The summed E-state index contributed by atoms with van der Waals surface area (Å²) < 4.78 is 5.37. The lowest BCUT2D eigenvalue weighted by Gasteiger charge is -2.10. The zero-order chi connectivity index (χ0) is 15.0. The first-order chi connectivity index (χ1) is 9.52. The highest BCUT2D eigenvalue weighted by molar-refractivity contribution is 5.74. The Morgan fingerprint density at radius 3 is 2.80 bits per heavy atom. The summed E-state index contributed by atoms with van der Waals surface area (Å²) in [5, 5.41) is 0. The number of esters is 1. The Balaban J connectivity index is 2.22. The third-order valence-electron chi connectivity index (χ3n) is 3.45. The molecule has 0 radical (unpaired) electrons. The minimum Gasteiger partial charge on any atom is -0.462 e. The number of hydrogen-bond donors (Lipinski definition) is 3. The summed E-state index contributed by atoms with van der Waals surface area (Å²) in [6.07, 6.45) is 6.55. The number of primary amides is 1. The number of urea groups is 1. The summed E-state index contributed by atoms with van der Waals surface area (Å²) in [4.78, 5) is 22.3. The molecule has 1 aliphatic rings. The van der Waals surface area contributed by atoms with Gasteiger partial charge in [-0.3, -0.25) is 10.2 Å². The monoisotopic (exact) mass is 283 g/mol. The molecule has 4 N–H and O–H groups in total. The van der Waals surface area contributed by atoms with E-state index in [4.69, 9.17) is 10.5 Å². The summed E-state index contributed by atoms with van der Waals surface area (Å²) in [5.41, 5.74) is 10.4. The molecule has 0 aromatic carbocycles. The van der Waals surface area contributed by atoms with Gasteiger partial charge in [0, 0.05) is 5.70 Å². The SMILES string of the molecule is C=C(CC[C@H]1C[C@@H](CCCCC)OC1=O)NNC(N)=O. The van der Waals surface area contributed by atoms with Crippen molar-refractivity contribution in [2.75, 3.05) is 0 Å². The van der Waals surface area contributed by atoms with Crippen LogP contribution in [0.2, 0.25) is 0 Å². The van der Waals surface area contributed by atoms with Crippen LogP contribution < -0.4 is 16.6 Å². The number of ether oxygens (including phenoxy) is 1. The first-order valence-electron chi connectivity index (χ1n) is 7.22.